The molecule has 0 aliphatic carbocycles. The van der Waals surface area contributed by atoms with Crippen molar-refractivity contribution in [3.05, 3.63) is 0 Å². The molecule has 2 aliphatic rings. The molecule has 7 nitrogen and oxygen atoms in total. The third-order valence-corrected chi connectivity index (χ3v) is 4.30. The Morgan fingerprint density at radius 1 is 1.09 bits per heavy atom. The molecule has 2 saturated heterocycles. The predicted octanol–water partition coefficient (Wildman–Crippen LogP) is 1.52. The van der Waals surface area contributed by atoms with Crippen LogP contribution in [-0.4, -0.2) is 57.0 Å². The van der Waals surface area contributed by atoms with Crippen LogP contribution < -0.4 is 0 Å². The van der Waals surface area contributed by atoms with E-state index < -0.39 is 52.1 Å². The summed E-state index contributed by atoms with van der Waals surface area (Å²) in [6.45, 7) is 5.76. The van der Waals surface area contributed by atoms with Crippen LogP contribution >= 0.6 is 0 Å². The van der Waals surface area contributed by atoms with E-state index >= 15 is 0 Å². The Labute approximate surface area is 132 Å². The summed E-state index contributed by atoms with van der Waals surface area (Å²) in [6.07, 6.45) is -2.49. The lowest BCUT2D eigenvalue weighted by molar-refractivity contribution is -0.174. The molecule has 11 heteroatoms. The van der Waals surface area contributed by atoms with Gasteiger partial charge in [-0.3, -0.25) is 4.18 Å². The molecule has 2 fully saturated rings. The van der Waals surface area contributed by atoms with E-state index in [1.54, 1.807) is 27.7 Å². The van der Waals surface area contributed by atoms with Crippen LogP contribution in [-0.2, 0) is 33.2 Å². The van der Waals surface area contributed by atoms with Crippen LogP contribution in [0.3, 0.4) is 0 Å². The molecule has 2 aliphatic heterocycles. The maximum absolute atomic E-state index is 12.3. The van der Waals surface area contributed by atoms with Gasteiger partial charge < -0.3 is 18.9 Å². The topological polar surface area (TPSA) is 80.3 Å². The molecule has 2 heterocycles. The number of hydrogen-bond donors (Lipinski definition) is 0. The van der Waals surface area contributed by atoms with Crippen molar-refractivity contribution < 1.29 is 44.7 Å². The quantitative estimate of drug-likeness (QED) is 0.553. The van der Waals surface area contributed by atoms with Crippen LogP contribution in [0.25, 0.3) is 0 Å². The maximum atomic E-state index is 12.3. The molecular weight excluding hydrogens is 345 g/mol. The first-order valence-electron chi connectivity index (χ1n) is 6.86. The van der Waals surface area contributed by atoms with Gasteiger partial charge in [0.15, 0.2) is 11.6 Å². The second-order valence-corrected chi connectivity index (χ2v) is 7.80. The molecule has 136 valence electrons. The highest BCUT2D eigenvalue weighted by Gasteiger charge is 2.52. The average Bonchev–Trinajstić information content (AvgIpc) is 2.85. The predicted molar refractivity (Wildman–Crippen MR) is 69.7 cm³/mol. The lowest BCUT2D eigenvalue weighted by Gasteiger charge is -2.23. The molecular formula is C12H19F3O7S. The van der Waals surface area contributed by atoms with E-state index in [2.05, 4.69) is 4.18 Å². The summed E-state index contributed by atoms with van der Waals surface area (Å²) < 4.78 is 85.1. The first-order valence-corrected chi connectivity index (χ1v) is 8.26. The maximum Gasteiger partial charge on any atom is 0.523 e. The standard InChI is InChI=1S/C12H19F3O7S/c1-10(2)18-5-7(20-10)9-8(21-11(3,4)22-9)6-19-23(16,17)12(13,14)15/h7-9H,5-6H2,1-4H3/t7-,8?,9?/m0/s1. The number of alkyl halides is 3. The highest BCUT2D eigenvalue weighted by molar-refractivity contribution is 7.87. The summed E-state index contributed by atoms with van der Waals surface area (Å²) in [7, 11) is -5.70. The number of halogens is 3. The Morgan fingerprint density at radius 2 is 1.70 bits per heavy atom. The van der Waals surface area contributed by atoms with Gasteiger partial charge in [0.25, 0.3) is 0 Å². The minimum atomic E-state index is -5.70. The van der Waals surface area contributed by atoms with Crippen molar-refractivity contribution in [3.8, 4) is 0 Å². The summed E-state index contributed by atoms with van der Waals surface area (Å²) >= 11 is 0. The first-order chi connectivity index (χ1) is 10.2. The van der Waals surface area contributed by atoms with Crippen LogP contribution in [0.15, 0.2) is 0 Å². The van der Waals surface area contributed by atoms with E-state index in [1.165, 1.54) is 0 Å². The lowest BCUT2D eigenvalue weighted by Crippen LogP contribution is -2.41. The Bertz CT molecular complexity index is 543. The number of hydrogen-bond acceptors (Lipinski definition) is 7. The summed E-state index contributed by atoms with van der Waals surface area (Å²) in [4.78, 5) is 0. The molecule has 2 rings (SSSR count). The van der Waals surface area contributed by atoms with Crippen molar-refractivity contribution in [3.63, 3.8) is 0 Å². The lowest BCUT2D eigenvalue weighted by atomic mass is 10.1. The summed E-state index contributed by atoms with van der Waals surface area (Å²) in [6, 6.07) is 0. The Balaban J connectivity index is 2.07. The Morgan fingerprint density at radius 3 is 2.17 bits per heavy atom. The summed E-state index contributed by atoms with van der Waals surface area (Å²) in [5, 5.41) is 0. The van der Waals surface area contributed by atoms with E-state index in [1.807, 2.05) is 0 Å². The second kappa shape index (κ2) is 5.81. The second-order valence-electron chi connectivity index (χ2n) is 6.19. The number of rotatable bonds is 4. The summed E-state index contributed by atoms with van der Waals surface area (Å²) in [5.41, 5.74) is -5.49. The highest BCUT2D eigenvalue weighted by Crippen LogP contribution is 2.36. The van der Waals surface area contributed by atoms with Crippen molar-refractivity contribution in [1.29, 1.82) is 0 Å². The van der Waals surface area contributed by atoms with Gasteiger partial charge in [-0.25, -0.2) is 0 Å². The van der Waals surface area contributed by atoms with Crippen molar-refractivity contribution in [2.45, 2.75) is 63.1 Å². The van der Waals surface area contributed by atoms with Gasteiger partial charge in [-0.05, 0) is 27.7 Å². The van der Waals surface area contributed by atoms with Crippen molar-refractivity contribution in [1.82, 2.24) is 0 Å². The van der Waals surface area contributed by atoms with Gasteiger partial charge in [-0.1, -0.05) is 0 Å². The van der Waals surface area contributed by atoms with Crippen LogP contribution in [0.5, 0.6) is 0 Å². The molecule has 2 unspecified atom stereocenters. The minimum absolute atomic E-state index is 0.139. The zero-order valence-electron chi connectivity index (χ0n) is 13.0. The highest BCUT2D eigenvalue weighted by atomic mass is 32.2. The molecule has 3 atom stereocenters. The van der Waals surface area contributed by atoms with Crippen molar-refractivity contribution in [2.75, 3.05) is 13.2 Å². The van der Waals surface area contributed by atoms with Gasteiger partial charge >= 0.3 is 15.6 Å². The van der Waals surface area contributed by atoms with Crippen LogP contribution in [0.4, 0.5) is 13.2 Å². The minimum Gasteiger partial charge on any atom is -0.348 e. The number of ether oxygens (including phenoxy) is 4. The molecule has 0 aromatic rings. The van der Waals surface area contributed by atoms with Crippen LogP contribution in [0, 0.1) is 0 Å². The van der Waals surface area contributed by atoms with Crippen LogP contribution in [0.2, 0.25) is 0 Å². The Kier molecular flexibility index (Phi) is 4.77. The van der Waals surface area contributed by atoms with E-state index in [0.717, 1.165) is 0 Å². The molecule has 0 radical (unpaired) electrons. The third-order valence-electron chi connectivity index (χ3n) is 3.29. The normalized spacial score (nSPS) is 34.0. The van der Waals surface area contributed by atoms with Gasteiger partial charge in [-0.2, -0.15) is 21.6 Å². The van der Waals surface area contributed by atoms with Crippen molar-refractivity contribution >= 4 is 10.1 Å². The smallest absolute Gasteiger partial charge is 0.348 e. The summed E-state index contributed by atoms with van der Waals surface area (Å²) in [5.74, 6) is -1.99. The van der Waals surface area contributed by atoms with E-state index in [9.17, 15) is 21.6 Å². The average molecular weight is 364 g/mol. The molecule has 0 bridgehead atoms. The molecule has 0 aromatic carbocycles. The first kappa shape index (κ1) is 18.9. The zero-order valence-corrected chi connectivity index (χ0v) is 13.9. The molecule has 0 saturated carbocycles. The zero-order chi connectivity index (χ0) is 17.7. The molecule has 0 spiro atoms. The molecule has 23 heavy (non-hydrogen) atoms. The fourth-order valence-corrected chi connectivity index (χ4v) is 2.85. The van der Waals surface area contributed by atoms with Gasteiger partial charge in [0.2, 0.25) is 0 Å². The van der Waals surface area contributed by atoms with Gasteiger partial charge in [-0.15, -0.1) is 0 Å². The van der Waals surface area contributed by atoms with Crippen LogP contribution in [0.1, 0.15) is 27.7 Å². The SMILES string of the molecule is CC1(C)OC(COS(=O)(=O)C(F)(F)F)C([C@@H]2COC(C)(C)O2)O1. The largest absolute Gasteiger partial charge is 0.523 e. The third kappa shape index (κ3) is 4.34. The molecule has 0 amide bonds. The van der Waals surface area contributed by atoms with Gasteiger partial charge in [0.05, 0.1) is 13.2 Å². The van der Waals surface area contributed by atoms with E-state index in [0.29, 0.717) is 0 Å². The van der Waals surface area contributed by atoms with Gasteiger partial charge in [0, 0.05) is 0 Å². The fraction of sp³-hybridized carbons (Fsp3) is 1.00. The molecule has 0 aromatic heterocycles. The Hall–Kier alpha value is -0.460. The van der Waals surface area contributed by atoms with Crippen molar-refractivity contribution in [2.24, 2.45) is 0 Å². The molecule has 0 N–H and O–H groups in total. The van der Waals surface area contributed by atoms with E-state index in [-0.39, 0.29) is 6.61 Å². The van der Waals surface area contributed by atoms with Gasteiger partial charge in [0.1, 0.15) is 18.3 Å². The fourth-order valence-electron chi connectivity index (χ4n) is 2.41. The van der Waals surface area contributed by atoms with E-state index in [4.69, 9.17) is 18.9 Å². The monoisotopic (exact) mass is 364 g/mol.